The van der Waals surface area contributed by atoms with Crippen LogP contribution in [0.5, 0.6) is 0 Å². The first-order valence-electron chi connectivity index (χ1n) is 6.12. The highest BCUT2D eigenvalue weighted by Crippen LogP contribution is 2.19. The van der Waals surface area contributed by atoms with Crippen molar-refractivity contribution in [1.82, 2.24) is 5.32 Å². The molecule has 0 aliphatic rings. The third-order valence-electron chi connectivity index (χ3n) is 2.81. The number of nitrogens with one attached hydrogen (secondary N) is 1. The summed E-state index contributed by atoms with van der Waals surface area (Å²) in [6.07, 6.45) is 1.80. The first-order chi connectivity index (χ1) is 7.40. The van der Waals surface area contributed by atoms with Crippen LogP contribution in [0.25, 0.3) is 0 Å². The van der Waals surface area contributed by atoms with Gasteiger partial charge >= 0.3 is 0 Å². The first kappa shape index (κ1) is 15.8. The standard InChI is InChI=1S/C12H27NO3/c1-10(2)5-4-6-12(3,16)11(15)9-13-7-8-14/h10-11,13-16H,4-9H2,1-3H3. The second-order valence-electron chi connectivity index (χ2n) is 5.09. The number of aliphatic hydroxyl groups excluding tert-OH is 2. The summed E-state index contributed by atoms with van der Waals surface area (Å²) in [7, 11) is 0. The van der Waals surface area contributed by atoms with Crippen LogP contribution >= 0.6 is 0 Å². The van der Waals surface area contributed by atoms with E-state index in [-0.39, 0.29) is 6.61 Å². The maximum atomic E-state index is 10.0. The van der Waals surface area contributed by atoms with Crippen LogP contribution in [0, 0.1) is 5.92 Å². The van der Waals surface area contributed by atoms with Crippen LogP contribution in [0.2, 0.25) is 0 Å². The highest BCUT2D eigenvalue weighted by atomic mass is 16.3. The van der Waals surface area contributed by atoms with E-state index in [1.54, 1.807) is 6.92 Å². The summed E-state index contributed by atoms with van der Waals surface area (Å²) in [6, 6.07) is 0. The molecule has 0 aromatic carbocycles. The van der Waals surface area contributed by atoms with Gasteiger partial charge in [-0.3, -0.25) is 0 Å². The zero-order valence-corrected chi connectivity index (χ0v) is 10.7. The quantitative estimate of drug-likeness (QED) is 0.438. The Hall–Kier alpha value is -0.160. The van der Waals surface area contributed by atoms with Gasteiger partial charge in [-0.2, -0.15) is 0 Å². The minimum Gasteiger partial charge on any atom is -0.395 e. The summed E-state index contributed by atoms with van der Waals surface area (Å²) in [5, 5.41) is 31.3. The zero-order chi connectivity index (χ0) is 12.6. The SMILES string of the molecule is CC(C)CCCC(C)(O)C(O)CNCCO. The molecule has 16 heavy (non-hydrogen) atoms. The molecule has 0 saturated heterocycles. The lowest BCUT2D eigenvalue weighted by molar-refractivity contribution is -0.0670. The predicted molar refractivity (Wildman–Crippen MR) is 65.3 cm³/mol. The monoisotopic (exact) mass is 233 g/mol. The van der Waals surface area contributed by atoms with Crippen LogP contribution in [-0.2, 0) is 0 Å². The Morgan fingerprint density at radius 3 is 2.44 bits per heavy atom. The molecule has 4 heteroatoms. The van der Waals surface area contributed by atoms with Crippen molar-refractivity contribution in [2.24, 2.45) is 5.92 Å². The van der Waals surface area contributed by atoms with Crippen molar-refractivity contribution in [1.29, 1.82) is 0 Å². The minimum atomic E-state index is -1.04. The fourth-order valence-electron chi connectivity index (χ4n) is 1.57. The van der Waals surface area contributed by atoms with Crippen molar-refractivity contribution in [3.63, 3.8) is 0 Å². The average Bonchev–Trinajstić information content (AvgIpc) is 2.17. The molecule has 4 nitrogen and oxygen atoms in total. The predicted octanol–water partition coefficient (Wildman–Crippen LogP) is 0.506. The molecule has 0 amide bonds. The molecule has 0 fully saturated rings. The van der Waals surface area contributed by atoms with Crippen LogP contribution < -0.4 is 5.32 Å². The van der Waals surface area contributed by atoms with Crippen LogP contribution in [0.15, 0.2) is 0 Å². The molecular weight excluding hydrogens is 206 g/mol. The summed E-state index contributed by atoms with van der Waals surface area (Å²) in [4.78, 5) is 0. The molecule has 0 bridgehead atoms. The summed E-state index contributed by atoms with van der Waals surface area (Å²) < 4.78 is 0. The maximum absolute atomic E-state index is 10.0. The van der Waals surface area contributed by atoms with E-state index in [1.165, 1.54) is 0 Å². The van der Waals surface area contributed by atoms with Crippen LogP contribution in [-0.4, -0.2) is 46.7 Å². The van der Waals surface area contributed by atoms with E-state index >= 15 is 0 Å². The molecule has 2 unspecified atom stereocenters. The summed E-state index contributed by atoms with van der Waals surface area (Å²) in [6.45, 7) is 6.76. The van der Waals surface area contributed by atoms with Gasteiger partial charge in [0, 0.05) is 13.1 Å². The normalized spacial score (nSPS) is 17.4. The van der Waals surface area contributed by atoms with Gasteiger partial charge in [-0.05, 0) is 19.3 Å². The lowest BCUT2D eigenvalue weighted by Gasteiger charge is -2.29. The topological polar surface area (TPSA) is 72.7 Å². The van der Waals surface area contributed by atoms with Crippen molar-refractivity contribution in [2.45, 2.75) is 51.7 Å². The number of hydrogen-bond acceptors (Lipinski definition) is 4. The Morgan fingerprint density at radius 1 is 1.31 bits per heavy atom. The highest BCUT2D eigenvalue weighted by Gasteiger charge is 2.29. The third-order valence-corrected chi connectivity index (χ3v) is 2.81. The average molecular weight is 233 g/mol. The molecular formula is C12H27NO3. The van der Waals surface area contributed by atoms with Crippen molar-refractivity contribution in [3.8, 4) is 0 Å². The van der Waals surface area contributed by atoms with Gasteiger partial charge in [0.25, 0.3) is 0 Å². The summed E-state index contributed by atoms with van der Waals surface area (Å²) >= 11 is 0. The van der Waals surface area contributed by atoms with Crippen molar-refractivity contribution >= 4 is 0 Å². The lowest BCUT2D eigenvalue weighted by Crippen LogP contribution is -2.46. The fourth-order valence-corrected chi connectivity index (χ4v) is 1.57. The number of hydrogen-bond donors (Lipinski definition) is 4. The number of rotatable bonds is 9. The molecule has 0 aliphatic carbocycles. The smallest absolute Gasteiger partial charge is 0.0948 e. The Labute approximate surface area is 98.7 Å². The summed E-state index contributed by atoms with van der Waals surface area (Å²) in [5.41, 5.74) is -1.04. The maximum Gasteiger partial charge on any atom is 0.0948 e. The lowest BCUT2D eigenvalue weighted by atomic mass is 9.91. The molecule has 0 rings (SSSR count). The third kappa shape index (κ3) is 7.17. The van der Waals surface area contributed by atoms with Gasteiger partial charge in [0.15, 0.2) is 0 Å². The van der Waals surface area contributed by atoms with Crippen molar-refractivity contribution in [2.75, 3.05) is 19.7 Å². The molecule has 4 N–H and O–H groups in total. The van der Waals surface area contributed by atoms with E-state index in [1.807, 2.05) is 0 Å². The zero-order valence-electron chi connectivity index (χ0n) is 10.7. The van der Waals surface area contributed by atoms with E-state index in [9.17, 15) is 10.2 Å². The van der Waals surface area contributed by atoms with E-state index in [0.717, 1.165) is 12.8 Å². The van der Waals surface area contributed by atoms with E-state index in [0.29, 0.717) is 25.4 Å². The van der Waals surface area contributed by atoms with Crippen LogP contribution in [0.4, 0.5) is 0 Å². The molecule has 98 valence electrons. The van der Waals surface area contributed by atoms with E-state index in [2.05, 4.69) is 19.2 Å². The molecule has 0 radical (unpaired) electrons. The van der Waals surface area contributed by atoms with Gasteiger partial charge < -0.3 is 20.6 Å². The Bertz CT molecular complexity index is 172. The Morgan fingerprint density at radius 2 is 1.94 bits per heavy atom. The van der Waals surface area contributed by atoms with Gasteiger partial charge in [-0.1, -0.05) is 26.7 Å². The van der Waals surface area contributed by atoms with Gasteiger partial charge in [-0.15, -0.1) is 0 Å². The second-order valence-corrected chi connectivity index (χ2v) is 5.09. The summed E-state index contributed by atoms with van der Waals surface area (Å²) in [5.74, 6) is 0.625. The van der Waals surface area contributed by atoms with E-state index < -0.39 is 11.7 Å². The van der Waals surface area contributed by atoms with Gasteiger partial charge in [0.1, 0.15) is 0 Å². The molecule has 0 saturated carbocycles. The first-order valence-corrected chi connectivity index (χ1v) is 6.12. The largest absolute Gasteiger partial charge is 0.395 e. The van der Waals surface area contributed by atoms with Gasteiger partial charge in [0.2, 0.25) is 0 Å². The molecule has 0 aromatic rings. The van der Waals surface area contributed by atoms with E-state index in [4.69, 9.17) is 5.11 Å². The molecule has 0 spiro atoms. The Kier molecular flexibility index (Phi) is 7.93. The van der Waals surface area contributed by atoms with Gasteiger partial charge in [-0.25, -0.2) is 0 Å². The Balaban J connectivity index is 3.80. The van der Waals surface area contributed by atoms with Crippen molar-refractivity contribution in [3.05, 3.63) is 0 Å². The molecule has 0 aliphatic heterocycles. The van der Waals surface area contributed by atoms with Crippen molar-refractivity contribution < 1.29 is 15.3 Å². The second kappa shape index (κ2) is 8.01. The molecule has 0 heterocycles. The minimum absolute atomic E-state index is 0.0439. The number of aliphatic hydroxyl groups is 3. The fraction of sp³-hybridized carbons (Fsp3) is 1.00. The molecule has 2 atom stereocenters. The van der Waals surface area contributed by atoms with Crippen LogP contribution in [0.1, 0.15) is 40.0 Å². The molecule has 0 aromatic heterocycles. The van der Waals surface area contributed by atoms with Gasteiger partial charge in [0.05, 0.1) is 18.3 Å². The van der Waals surface area contributed by atoms with Crippen LogP contribution in [0.3, 0.4) is 0 Å². The highest BCUT2D eigenvalue weighted by molar-refractivity contribution is 4.83.